The molecular weight excluding hydrogens is 306 g/mol. The van der Waals surface area contributed by atoms with Crippen molar-refractivity contribution in [2.45, 2.75) is 20.4 Å². The maximum absolute atomic E-state index is 6.06. The third-order valence-corrected chi connectivity index (χ3v) is 3.49. The summed E-state index contributed by atoms with van der Waals surface area (Å²) in [5.41, 5.74) is 3.17. The van der Waals surface area contributed by atoms with Gasteiger partial charge in [-0.2, -0.15) is 5.10 Å². The van der Waals surface area contributed by atoms with Crippen molar-refractivity contribution in [2.24, 2.45) is 7.05 Å². The summed E-state index contributed by atoms with van der Waals surface area (Å²) in [4.78, 5) is 0. The van der Waals surface area contributed by atoms with E-state index < -0.39 is 0 Å². The van der Waals surface area contributed by atoms with Gasteiger partial charge in [0.1, 0.15) is 5.75 Å². The number of aryl methyl sites for hydroxylation is 3. The van der Waals surface area contributed by atoms with E-state index in [0.29, 0.717) is 0 Å². The second-order valence-electron chi connectivity index (χ2n) is 4.53. The predicted octanol–water partition coefficient (Wildman–Crippen LogP) is 3.31. The minimum atomic E-state index is 0.738. The van der Waals surface area contributed by atoms with Crippen molar-refractivity contribution in [3.8, 4) is 11.6 Å². The van der Waals surface area contributed by atoms with Gasteiger partial charge >= 0.3 is 0 Å². The molecule has 19 heavy (non-hydrogen) atoms. The van der Waals surface area contributed by atoms with Crippen LogP contribution in [-0.2, 0) is 13.6 Å². The van der Waals surface area contributed by atoms with Crippen molar-refractivity contribution in [1.82, 2.24) is 15.1 Å². The minimum Gasteiger partial charge on any atom is -0.439 e. The van der Waals surface area contributed by atoms with Crippen LogP contribution in [-0.4, -0.2) is 16.8 Å². The minimum absolute atomic E-state index is 0.738. The smallest absolute Gasteiger partial charge is 0.222 e. The summed E-state index contributed by atoms with van der Waals surface area (Å²) in [5, 5.41) is 7.57. The highest BCUT2D eigenvalue weighted by Gasteiger charge is 2.15. The summed E-state index contributed by atoms with van der Waals surface area (Å²) in [6.45, 7) is 4.76. The number of aromatic nitrogens is 2. The van der Waals surface area contributed by atoms with Crippen molar-refractivity contribution < 1.29 is 4.74 Å². The molecule has 1 aromatic carbocycles. The largest absolute Gasteiger partial charge is 0.439 e. The van der Waals surface area contributed by atoms with E-state index in [9.17, 15) is 0 Å². The van der Waals surface area contributed by atoms with Gasteiger partial charge in [-0.15, -0.1) is 0 Å². The van der Waals surface area contributed by atoms with Gasteiger partial charge in [0, 0.05) is 18.1 Å². The molecule has 2 aromatic rings. The number of benzene rings is 1. The van der Waals surface area contributed by atoms with Crippen LogP contribution in [0, 0.1) is 13.8 Å². The predicted molar refractivity (Wildman–Crippen MR) is 79.7 cm³/mol. The molecule has 0 unspecified atom stereocenters. The lowest BCUT2D eigenvalue weighted by atomic mass is 10.2. The Morgan fingerprint density at radius 2 is 2.11 bits per heavy atom. The second kappa shape index (κ2) is 5.75. The van der Waals surface area contributed by atoms with Gasteiger partial charge in [-0.3, -0.25) is 0 Å². The molecule has 0 amide bonds. The molecule has 1 aromatic heterocycles. The summed E-state index contributed by atoms with van der Waals surface area (Å²) in [6, 6.07) is 6.01. The van der Waals surface area contributed by atoms with Gasteiger partial charge in [0.15, 0.2) is 0 Å². The van der Waals surface area contributed by atoms with Crippen molar-refractivity contribution in [3.05, 3.63) is 39.5 Å². The van der Waals surface area contributed by atoms with Gasteiger partial charge in [-0.1, -0.05) is 22.0 Å². The van der Waals surface area contributed by atoms with Crippen LogP contribution in [0.2, 0.25) is 0 Å². The summed E-state index contributed by atoms with van der Waals surface area (Å²) in [6.07, 6.45) is 0. The van der Waals surface area contributed by atoms with E-state index in [1.54, 1.807) is 4.68 Å². The number of nitrogens with one attached hydrogen (secondary N) is 1. The van der Waals surface area contributed by atoms with Crippen molar-refractivity contribution in [2.75, 3.05) is 7.05 Å². The number of hydrogen-bond acceptors (Lipinski definition) is 3. The molecule has 5 heteroatoms. The third kappa shape index (κ3) is 2.98. The Balaban J connectivity index is 2.40. The van der Waals surface area contributed by atoms with E-state index in [-0.39, 0.29) is 0 Å². The van der Waals surface area contributed by atoms with Crippen LogP contribution in [0.1, 0.15) is 16.8 Å². The fourth-order valence-electron chi connectivity index (χ4n) is 1.98. The van der Waals surface area contributed by atoms with E-state index in [1.165, 1.54) is 0 Å². The number of hydrogen-bond donors (Lipinski definition) is 1. The third-order valence-electron chi connectivity index (χ3n) is 3.00. The number of rotatable bonds is 4. The molecule has 0 fully saturated rings. The first-order chi connectivity index (χ1) is 9.02. The Morgan fingerprint density at radius 1 is 1.37 bits per heavy atom. The molecule has 0 aliphatic carbocycles. The highest BCUT2D eigenvalue weighted by molar-refractivity contribution is 9.10. The molecule has 0 radical (unpaired) electrons. The molecular formula is C14H18BrN3O. The number of nitrogens with zero attached hydrogens (tertiary/aromatic N) is 2. The first-order valence-corrected chi connectivity index (χ1v) is 6.93. The number of halogens is 1. The fraction of sp³-hybridized carbons (Fsp3) is 0.357. The Kier molecular flexibility index (Phi) is 4.27. The number of ether oxygens (including phenoxy) is 1. The first-order valence-electron chi connectivity index (χ1n) is 6.14. The molecule has 1 heterocycles. The Bertz CT molecular complexity index is 593. The van der Waals surface area contributed by atoms with Crippen molar-refractivity contribution >= 4 is 15.9 Å². The normalized spacial score (nSPS) is 10.8. The molecule has 2 rings (SSSR count). The van der Waals surface area contributed by atoms with Crippen LogP contribution in [0.3, 0.4) is 0 Å². The zero-order valence-corrected chi connectivity index (χ0v) is 13.2. The highest BCUT2D eigenvalue weighted by Crippen LogP contribution is 2.31. The van der Waals surface area contributed by atoms with E-state index in [0.717, 1.165) is 39.5 Å². The second-order valence-corrected chi connectivity index (χ2v) is 5.45. The summed E-state index contributed by atoms with van der Waals surface area (Å²) in [7, 11) is 3.81. The lowest BCUT2D eigenvalue weighted by Crippen LogP contribution is -2.07. The van der Waals surface area contributed by atoms with Crippen LogP contribution in [0.25, 0.3) is 0 Å². The molecule has 1 N–H and O–H groups in total. The van der Waals surface area contributed by atoms with Crippen molar-refractivity contribution in [3.63, 3.8) is 0 Å². The van der Waals surface area contributed by atoms with Gasteiger partial charge in [0.25, 0.3) is 0 Å². The van der Waals surface area contributed by atoms with Gasteiger partial charge in [-0.05, 0) is 38.6 Å². The first kappa shape index (κ1) is 14.1. The lowest BCUT2D eigenvalue weighted by molar-refractivity contribution is 0.421. The van der Waals surface area contributed by atoms with Gasteiger partial charge in [-0.25, -0.2) is 4.68 Å². The molecule has 0 aliphatic rings. The fourth-order valence-corrected chi connectivity index (χ4v) is 2.32. The van der Waals surface area contributed by atoms with Crippen molar-refractivity contribution in [1.29, 1.82) is 0 Å². The van der Waals surface area contributed by atoms with Gasteiger partial charge in [0.05, 0.1) is 11.3 Å². The average Bonchev–Trinajstić information content (AvgIpc) is 2.61. The van der Waals surface area contributed by atoms with Crippen LogP contribution in [0.5, 0.6) is 11.6 Å². The SMILES string of the molecule is CNCc1c(C)nn(C)c1Oc1cc(Br)ccc1C. The van der Waals surface area contributed by atoms with E-state index >= 15 is 0 Å². The quantitative estimate of drug-likeness (QED) is 0.938. The Labute approximate surface area is 121 Å². The van der Waals surface area contributed by atoms with Crippen LogP contribution < -0.4 is 10.1 Å². The summed E-state index contributed by atoms with van der Waals surface area (Å²) in [5.74, 6) is 1.63. The highest BCUT2D eigenvalue weighted by atomic mass is 79.9. The molecule has 0 bridgehead atoms. The van der Waals surface area contributed by atoms with Gasteiger partial charge < -0.3 is 10.1 Å². The molecule has 0 saturated carbocycles. The molecule has 0 saturated heterocycles. The molecule has 0 aliphatic heterocycles. The maximum Gasteiger partial charge on any atom is 0.222 e. The van der Waals surface area contributed by atoms with E-state index in [1.807, 2.05) is 46.1 Å². The summed E-state index contributed by atoms with van der Waals surface area (Å²) < 4.78 is 8.84. The Morgan fingerprint density at radius 3 is 2.79 bits per heavy atom. The monoisotopic (exact) mass is 323 g/mol. The zero-order chi connectivity index (χ0) is 14.0. The van der Waals surface area contributed by atoms with E-state index in [4.69, 9.17) is 4.74 Å². The summed E-state index contributed by atoms with van der Waals surface area (Å²) >= 11 is 3.47. The zero-order valence-electron chi connectivity index (χ0n) is 11.6. The van der Waals surface area contributed by atoms with Gasteiger partial charge in [0.2, 0.25) is 5.88 Å². The molecule has 4 nitrogen and oxygen atoms in total. The Hall–Kier alpha value is -1.33. The molecule has 0 atom stereocenters. The van der Waals surface area contributed by atoms with Crippen LogP contribution in [0.15, 0.2) is 22.7 Å². The standard InChI is InChI=1S/C14H18BrN3O/c1-9-5-6-11(15)7-13(9)19-14-12(8-16-3)10(2)17-18(14)4/h5-7,16H,8H2,1-4H3. The van der Waals surface area contributed by atoms with Crippen LogP contribution >= 0.6 is 15.9 Å². The molecule has 0 spiro atoms. The average molecular weight is 324 g/mol. The van der Waals surface area contributed by atoms with E-state index in [2.05, 4.69) is 26.3 Å². The van der Waals surface area contributed by atoms with Crippen LogP contribution in [0.4, 0.5) is 0 Å². The molecule has 102 valence electrons. The lowest BCUT2D eigenvalue weighted by Gasteiger charge is -2.11. The topological polar surface area (TPSA) is 39.1 Å². The maximum atomic E-state index is 6.06.